The molecule has 14 heteroatoms. The molecule has 1 fully saturated rings. The van der Waals surface area contributed by atoms with Gasteiger partial charge in [0.15, 0.2) is 17.4 Å². The second-order valence-corrected chi connectivity index (χ2v) is 11.6. The highest BCUT2D eigenvalue weighted by Crippen LogP contribution is 2.32. The van der Waals surface area contributed by atoms with Crippen LogP contribution in [0.2, 0.25) is 0 Å². The van der Waals surface area contributed by atoms with E-state index in [0.29, 0.717) is 29.8 Å². The number of hydrogen-bond acceptors (Lipinski definition) is 9. The summed E-state index contributed by atoms with van der Waals surface area (Å²) >= 11 is 0. The van der Waals surface area contributed by atoms with E-state index in [0.717, 1.165) is 38.3 Å². The summed E-state index contributed by atoms with van der Waals surface area (Å²) in [6, 6.07) is 7.01. The number of fused-ring (bicyclic) bond motifs is 2. The molecule has 0 unspecified atom stereocenters. The van der Waals surface area contributed by atoms with Gasteiger partial charge in [-0.25, -0.2) is 13.8 Å². The number of aromatic amines is 2. The van der Waals surface area contributed by atoms with Crippen molar-refractivity contribution in [2.24, 2.45) is 5.92 Å². The number of H-pyrrole nitrogens is 2. The molecule has 0 spiro atoms. The van der Waals surface area contributed by atoms with E-state index in [1.54, 1.807) is 12.1 Å². The molecule has 2 amide bonds. The molecule has 2 aromatic heterocycles. The van der Waals surface area contributed by atoms with Gasteiger partial charge in [0.1, 0.15) is 30.4 Å². The molecule has 2 aliphatic rings. The molecule has 2 aromatic carbocycles. The Morgan fingerprint density at radius 2 is 1.87 bits per heavy atom. The monoisotopic (exact) mass is 634 g/mol. The number of aldehydes is 1. The number of benzene rings is 2. The molecule has 4 N–H and O–H groups in total. The van der Waals surface area contributed by atoms with Crippen molar-refractivity contribution in [1.82, 2.24) is 24.8 Å². The average Bonchev–Trinajstić information content (AvgIpc) is 3.55. The van der Waals surface area contributed by atoms with Crippen molar-refractivity contribution < 1.29 is 33.0 Å². The molecule has 4 heterocycles. The summed E-state index contributed by atoms with van der Waals surface area (Å²) in [5.74, 6) is -2.81. The number of aliphatic hydroxyl groups is 1. The van der Waals surface area contributed by atoms with Gasteiger partial charge in [0.05, 0.1) is 34.4 Å². The maximum atomic E-state index is 14.2. The lowest BCUT2D eigenvalue weighted by Crippen LogP contribution is -2.41. The number of halogens is 2. The van der Waals surface area contributed by atoms with Crippen LogP contribution in [0, 0.1) is 24.5 Å². The molecular weight excluding hydrogens is 602 g/mol. The second-order valence-electron chi connectivity index (χ2n) is 11.6. The summed E-state index contributed by atoms with van der Waals surface area (Å²) in [4.78, 5) is 63.8. The number of carbonyl (C=O) groups is 3. The molecule has 2 aliphatic heterocycles. The fraction of sp³-hybridized carbons (Fsp3) is 0.344. The van der Waals surface area contributed by atoms with E-state index >= 15 is 0 Å². The van der Waals surface area contributed by atoms with E-state index in [9.17, 15) is 33.1 Å². The van der Waals surface area contributed by atoms with Crippen molar-refractivity contribution in [2.45, 2.75) is 25.9 Å². The van der Waals surface area contributed by atoms with E-state index in [1.807, 2.05) is 4.90 Å². The standard InChI is InChI=1S/C32H32F2N6O6/c1-17-2-3-22(33)28(27(17)34)46-16-19(42)14-36-23-4-7-35-30(43)26(23)29-37-24-12-20-21(13-25(24)38-29)32(45)40(31(20)44)15-18-5-8-39(9-6-18)10-11-41/h2-4,7,11-13,18-19,42H,5-6,8-10,14-16H2,1H3,(H,37,38)(H2,35,36,43)/t19-/m1/s1. The molecule has 46 heavy (non-hydrogen) atoms. The molecule has 0 aliphatic carbocycles. The van der Waals surface area contributed by atoms with Crippen molar-refractivity contribution in [3.8, 4) is 17.1 Å². The predicted octanol–water partition coefficient (Wildman–Crippen LogP) is 2.86. The minimum Gasteiger partial charge on any atom is -0.485 e. The zero-order valence-electron chi connectivity index (χ0n) is 24.9. The number of amides is 2. The molecule has 12 nitrogen and oxygen atoms in total. The fourth-order valence-electron chi connectivity index (χ4n) is 5.88. The summed E-state index contributed by atoms with van der Waals surface area (Å²) in [6.45, 7) is 3.06. The Morgan fingerprint density at radius 1 is 1.13 bits per heavy atom. The molecule has 1 saturated heterocycles. The first-order valence-electron chi connectivity index (χ1n) is 14.9. The molecule has 1 atom stereocenters. The molecule has 0 radical (unpaired) electrons. The molecular formula is C32H32F2N6O6. The molecule has 0 saturated carbocycles. The first kappa shape index (κ1) is 31.0. The Bertz CT molecular complexity index is 1830. The van der Waals surface area contributed by atoms with Crippen LogP contribution in [0.15, 0.2) is 41.3 Å². The van der Waals surface area contributed by atoms with Gasteiger partial charge in [0, 0.05) is 19.3 Å². The number of nitrogens with zero attached hydrogens (tertiary/aromatic N) is 3. The van der Waals surface area contributed by atoms with Crippen LogP contribution in [-0.4, -0.2) is 93.4 Å². The van der Waals surface area contributed by atoms with E-state index in [2.05, 4.69) is 20.3 Å². The van der Waals surface area contributed by atoms with Crippen LogP contribution in [0.5, 0.6) is 5.75 Å². The SMILES string of the molecule is Cc1ccc(F)c(OC[C@H](O)CNc2cc[nH]c(=O)c2-c2nc3cc4c(cc3[nH]2)C(=O)N(CC2CCN(CC=O)CC2)C4=O)c1F. The van der Waals surface area contributed by atoms with Gasteiger partial charge in [-0.1, -0.05) is 6.07 Å². The maximum absolute atomic E-state index is 14.2. The Labute approximate surface area is 261 Å². The number of carbonyl (C=O) groups excluding carboxylic acids is 3. The van der Waals surface area contributed by atoms with Gasteiger partial charge in [-0.15, -0.1) is 0 Å². The van der Waals surface area contributed by atoms with Crippen molar-refractivity contribution >= 4 is 34.8 Å². The highest BCUT2D eigenvalue weighted by Gasteiger charge is 2.38. The average molecular weight is 635 g/mol. The van der Waals surface area contributed by atoms with E-state index in [-0.39, 0.29) is 40.5 Å². The maximum Gasteiger partial charge on any atom is 0.261 e. The third-order valence-electron chi connectivity index (χ3n) is 8.44. The third-order valence-corrected chi connectivity index (χ3v) is 8.44. The third kappa shape index (κ3) is 6.00. The number of nitrogens with one attached hydrogen (secondary N) is 3. The lowest BCUT2D eigenvalue weighted by Gasteiger charge is -2.32. The van der Waals surface area contributed by atoms with Crippen LogP contribution in [-0.2, 0) is 4.79 Å². The zero-order chi connectivity index (χ0) is 32.5. The summed E-state index contributed by atoms with van der Waals surface area (Å²) < 4.78 is 33.5. The number of rotatable bonds is 11. The normalized spacial score (nSPS) is 16.2. The van der Waals surface area contributed by atoms with Crippen molar-refractivity contribution in [1.29, 1.82) is 0 Å². The number of ether oxygens (including phenoxy) is 1. The van der Waals surface area contributed by atoms with Gasteiger partial charge in [-0.2, -0.15) is 0 Å². The molecule has 0 bridgehead atoms. The number of imidazole rings is 1. The lowest BCUT2D eigenvalue weighted by atomic mass is 9.96. The van der Waals surface area contributed by atoms with Crippen LogP contribution < -0.4 is 15.6 Å². The Balaban J connectivity index is 1.16. The summed E-state index contributed by atoms with van der Waals surface area (Å²) in [5, 5.41) is 13.4. The number of aliphatic hydroxyl groups excluding tert-OH is 1. The van der Waals surface area contributed by atoms with Crippen LogP contribution in [0.25, 0.3) is 22.4 Å². The Morgan fingerprint density at radius 3 is 2.61 bits per heavy atom. The molecule has 4 aromatic rings. The number of aryl methyl sites for hydroxylation is 1. The van der Waals surface area contributed by atoms with Crippen LogP contribution in [0.1, 0.15) is 39.1 Å². The molecule has 240 valence electrons. The highest BCUT2D eigenvalue weighted by molar-refractivity contribution is 6.22. The van der Waals surface area contributed by atoms with Gasteiger partial charge < -0.3 is 29.9 Å². The minimum absolute atomic E-state index is 0.114. The van der Waals surface area contributed by atoms with Gasteiger partial charge in [-0.05, 0) is 68.6 Å². The second kappa shape index (κ2) is 12.8. The van der Waals surface area contributed by atoms with Gasteiger partial charge in [0.25, 0.3) is 17.4 Å². The number of hydrogen-bond donors (Lipinski definition) is 4. The van der Waals surface area contributed by atoms with E-state index < -0.39 is 47.5 Å². The Hall–Kier alpha value is -4.95. The first-order valence-corrected chi connectivity index (χ1v) is 14.9. The first-order chi connectivity index (χ1) is 22.1. The topological polar surface area (TPSA) is 161 Å². The summed E-state index contributed by atoms with van der Waals surface area (Å²) in [7, 11) is 0. The number of aromatic nitrogens is 3. The highest BCUT2D eigenvalue weighted by atomic mass is 19.1. The van der Waals surface area contributed by atoms with Gasteiger partial charge >= 0.3 is 0 Å². The number of pyridine rings is 1. The minimum atomic E-state index is -1.20. The van der Waals surface area contributed by atoms with E-state index in [4.69, 9.17) is 4.74 Å². The van der Waals surface area contributed by atoms with Gasteiger partial charge in [-0.3, -0.25) is 24.2 Å². The Kier molecular flexibility index (Phi) is 8.65. The van der Waals surface area contributed by atoms with Crippen molar-refractivity contribution in [3.05, 3.63) is 75.2 Å². The van der Waals surface area contributed by atoms with Crippen molar-refractivity contribution in [3.63, 3.8) is 0 Å². The quantitative estimate of drug-likeness (QED) is 0.144. The van der Waals surface area contributed by atoms with Gasteiger partial charge in [0.2, 0.25) is 0 Å². The van der Waals surface area contributed by atoms with Crippen LogP contribution >= 0.6 is 0 Å². The smallest absolute Gasteiger partial charge is 0.261 e. The largest absolute Gasteiger partial charge is 0.485 e. The number of likely N-dealkylation sites (tertiary alicyclic amines) is 1. The van der Waals surface area contributed by atoms with Crippen molar-refractivity contribution in [2.75, 3.05) is 44.6 Å². The lowest BCUT2D eigenvalue weighted by molar-refractivity contribution is -0.109. The van der Waals surface area contributed by atoms with E-state index in [1.165, 1.54) is 30.2 Å². The van der Waals surface area contributed by atoms with Crippen LogP contribution in [0.3, 0.4) is 0 Å². The zero-order valence-corrected chi connectivity index (χ0v) is 24.9. The predicted molar refractivity (Wildman–Crippen MR) is 164 cm³/mol. The number of imide groups is 1. The molecule has 6 rings (SSSR count). The fourth-order valence-corrected chi connectivity index (χ4v) is 5.88. The van der Waals surface area contributed by atoms with Crippen LogP contribution in [0.4, 0.5) is 14.5 Å². The number of piperidine rings is 1. The summed E-state index contributed by atoms with van der Waals surface area (Å²) in [5.41, 5.74) is 1.43. The number of anilines is 1. The summed E-state index contributed by atoms with van der Waals surface area (Å²) in [6.07, 6.45) is 2.64.